The zero-order valence-corrected chi connectivity index (χ0v) is 18.6. The van der Waals surface area contributed by atoms with Crippen molar-refractivity contribution < 1.29 is 14.4 Å². The van der Waals surface area contributed by atoms with E-state index in [9.17, 15) is 14.4 Å². The van der Waals surface area contributed by atoms with Gasteiger partial charge in [0.25, 0.3) is 0 Å². The van der Waals surface area contributed by atoms with Gasteiger partial charge in [0, 0.05) is 13.1 Å². The van der Waals surface area contributed by atoms with E-state index in [4.69, 9.17) is 0 Å². The normalized spacial score (nSPS) is 12.3. The lowest BCUT2D eigenvalue weighted by atomic mass is 10.1. The number of likely N-dealkylation sites (N-methyl/N-ethyl adjacent to an activating group) is 2. The summed E-state index contributed by atoms with van der Waals surface area (Å²) in [6.45, 7) is 6.12. The van der Waals surface area contributed by atoms with Crippen molar-refractivity contribution in [2.24, 2.45) is 5.92 Å². The second kappa shape index (κ2) is 15.3. The zero-order valence-electron chi connectivity index (χ0n) is 18.6. The third-order valence-corrected chi connectivity index (χ3v) is 4.07. The van der Waals surface area contributed by atoms with Crippen LogP contribution in [0.5, 0.6) is 0 Å². The van der Waals surface area contributed by atoms with Crippen molar-refractivity contribution in [2.45, 2.75) is 52.0 Å². The van der Waals surface area contributed by atoms with E-state index in [0.29, 0.717) is 32.0 Å². The number of nitrogens with zero attached hydrogens (tertiary/aromatic N) is 2. The molecule has 0 saturated heterocycles. The fraction of sp³-hybridized carbons (Fsp3) is 0.850. The smallest absolute Gasteiger partial charge is 0.242 e. The monoisotopic (exact) mass is 399 g/mol. The molecule has 0 bridgehead atoms. The molecule has 0 aliphatic carbocycles. The summed E-state index contributed by atoms with van der Waals surface area (Å²) in [5, 5.41) is 8.63. The van der Waals surface area contributed by atoms with E-state index in [1.165, 1.54) is 0 Å². The quantitative estimate of drug-likeness (QED) is 0.347. The molecule has 28 heavy (non-hydrogen) atoms. The number of amides is 3. The first-order valence-electron chi connectivity index (χ1n) is 10.2. The highest BCUT2D eigenvalue weighted by Crippen LogP contribution is 2.04. The molecule has 0 aliphatic heterocycles. The second-order valence-electron chi connectivity index (χ2n) is 8.27. The lowest BCUT2D eigenvalue weighted by Crippen LogP contribution is -2.49. The molecule has 0 rings (SSSR count). The number of nitrogens with one attached hydrogen (secondary N) is 3. The average Bonchev–Trinajstić information content (AvgIpc) is 2.55. The molecule has 0 spiro atoms. The van der Waals surface area contributed by atoms with Crippen molar-refractivity contribution >= 4 is 17.7 Å². The van der Waals surface area contributed by atoms with Gasteiger partial charge in [0.15, 0.2) is 0 Å². The molecule has 0 heterocycles. The summed E-state index contributed by atoms with van der Waals surface area (Å²) < 4.78 is 0. The van der Waals surface area contributed by atoms with E-state index >= 15 is 0 Å². The molecule has 0 radical (unpaired) electrons. The van der Waals surface area contributed by atoms with Crippen molar-refractivity contribution in [2.75, 3.05) is 54.4 Å². The van der Waals surface area contributed by atoms with Crippen LogP contribution in [0.15, 0.2) is 0 Å². The largest absolute Gasteiger partial charge is 0.355 e. The minimum absolute atomic E-state index is 0.0104. The Morgan fingerprint density at radius 3 is 1.89 bits per heavy atom. The Kier molecular flexibility index (Phi) is 14.4. The maximum Gasteiger partial charge on any atom is 0.242 e. The summed E-state index contributed by atoms with van der Waals surface area (Å²) >= 11 is 0. The summed E-state index contributed by atoms with van der Waals surface area (Å²) in [5.41, 5.74) is 0. The molecule has 0 aliphatic rings. The van der Waals surface area contributed by atoms with Crippen LogP contribution in [-0.4, -0.2) is 87.9 Å². The first-order valence-corrected chi connectivity index (χ1v) is 10.2. The molecule has 0 fully saturated rings. The van der Waals surface area contributed by atoms with Crippen LogP contribution in [0.3, 0.4) is 0 Å². The van der Waals surface area contributed by atoms with Crippen LogP contribution >= 0.6 is 0 Å². The first-order chi connectivity index (χ1) is 13.1. The van der Waals surface area contributed by atoms with Crippen LogP contribution in [-0.2, 0) is 14.4 Å². The standard InChI is InChI=1S/C20H41N5O3/c1-16(2)10-9-13-22-20(28)17(23-19(27)15-25(5)6)11-7-8-12-21-18(26)14-24(3)4/h16-17H,7-15H2,1-6H3,(H,21,26)(H,22,28)(H,23,27). The van der Waals surface area contributed by atoms with Crippen LogP contribution < -0.4 is 16.0 Å². The average molecular weight is 400 g/mol. The van der Waals surface area contributed by atoms with Crippen LogP contribution in [0.2, 0.25) is 0 Å². The Morgan fingerprint density at radius 2 is 1.32 bits per heavy atom. The number of hydrogen-bond acceptors (Lipinski definition) is 5. The van der Waals surface area contributed by atoms with Crippen molar-refractivity contribution in [1.29, 1.82) is 0 Å². The minimum atomic E-state index is -0.538. The highest BCUT2D eigenvalue weighted by molar-refractivity contribution is 5.88. The van der Waals surface area contributed by atoms with E-state index in [1.54, 1.807) is 4.90 Å². The van der Waals surface area contributed by atoms with Crippen LogP contribution in [0.4, 0.5) is 0 Å². The van der Waals surface area contributed by atoms with Gasteiger partial charge in [0.2, 0.25) is 17.7 Å². The number of carbonyl (C=O) groups excluding carboxylic acids is 3. The van der Waals surface area contributed by atoms with E-state index in [-0.39, 0.29) is 24.3 Å². The van der Waals surface area contributed by atoms with Crippen molar-refractivity contribution in [3.8, 4) is 0 Å². The lowest BCUT2D eigenvalue weighted by molar-refractivity contribution is -0.129. The Balaban J connectivity index is 4.37. The topological polar surface area (TPSA) is 93.8 Å². The molecule has 8 heteroatoms. The third-order valence-electron chi connectivity index (χ3n) is 4.07. The molecular weight excluding hydrogens is 358 g/mol. The van der Waals surface area contributed by atoms with Gasteiger partial charge in [-0.15, -0.1) is 0 Å². The van der Waals surface area contributed by atoms with Gasteiger partial charge < -0.3 is 25.8 Å². The summed E-state index contributed by atoms with van der Waals surface area (Å²) in [6.07, 6.45) is 4.05. The van der Waals surface area contributed by atoms with Gasteiger partial charge >= 0.3 is 0 Å². The highest BCUT2D eigenvalue weighted by atomic mass is 16.2. The molecule has 0 aromatic carbocycles. The van der Waals surface area contributed by atoms with Gasteiger partial charge in [-0.05, 0) is 66.2 Å². The predicted octanol–water partition coefficient (Wildman–Crippen LogP) is 0.433. The molecule has 3 N–H and O–H groups in total. The Hall–Kier alpha value is -1.67. The molecule has 164 valence electrons. The fourth-order valence-corrected chi connectivity index (χ4v) is 2.69. The zero-order chi connectivity index (χ0) is 21.5. The van der Waals surface area contributed by atoms with Gasteiger partial charge in [-0.2, -0.15) is 0 Å². The molecule has 0 saturated carbocycles. The molecule has 0 aromatic rings. The molecule has 8 nitrogen and oxygen atoms in total. The molecule has 1 atom stereocenters. The van der Waals surface area contributed by atoms with E-state index in [1.807, 2.05) is 33.1 Å². The van der Waals surface area contributed by atoms with E-state index in [2.05, 4.69) is 29.8 Å². The van der Waals surface area contributed by atoms with Crippen molar-refractivity contribution in [1.82, 2.24) is 25.8 Å². The van der Waals surface area contributed by atoms with E-state index in [0.717, 1.165) is 25.7 Å². The SMILES string of the molecule is CC(C)CCCNC(=O)C(CCCCNC(=O)CN(C)C)NC(=O)CN(C)C. The van der Waals surface area contributed by atoms with Gasteiger partial charge in [0.1, 0.15) is 6.04 Å². The maximum absolute atomic E-state index is 12.5. The molecule has 3 amide bonds. The minimum Gasteiger partial charge on any atom is -0.355 e. The Bertz CT molecular complexity index is 467. The first kappa shape index (κ1) is 26.3. The summed E-state index contributed by atoms with van der Waals surface area (Å²) in [5.74, 6) is 0.304. The van der Waals surface area contributed by atoms with Gasteiger partial charge in [-0.1, -0.05) is 13.8 Å². The van der Waals surface area contributed by atoms with Crippen LogP contribution in [0, 0.1) is 5.92 Å². The highest BCUT2D eigenvalue weighted by Gasteiger charge is 2.20. The number of hydrogen-bond donors (Lipinski definition) is 3. The predicted molar refractivity (Wildman–Crippen MR) is 113 cm³/mol. The second-order valence-corrected chi connectivity index (χ2v) is 8.27. The molecular formula is C20H41N5O3. The number of carbonyl (C=O) groups is 3. The molecule has 0 aromatic heterocycles. The number of rotatable bonds is 15. The molecule has 1 unspecified atom stereocenters. The van der Waals surface area contributed by atoms with Crippen LogP contribution in [0.25, 0.3) is 0 Å². The van der Waals surface area contributed by atoms with Crippen molar-refractivity contribution in [3.63, 3.8) is 0 Å². The van der Waals surface area contributed by atoms with Gasteiger partial charge in [-0.25, -0.2) is 0 Å². The fourth-order valence-electron chi connectivity index (χ4n) is 2.69. The Morgan fingerprint density at radius 1 is 0.750 bits per heavy atom. The lowest BCUT2D eigenvalue weighted by Gasteiger charge is -2.20. The summed E-state index contributed by atoms with van der Waals surface area (Å²) in [4.78, 5) is 39.8. The summed E-state index contributed by atoms with van der Waals surface area (Å²) in [6, 6.07) is -0.538. The Labute approximate surface area is 170 Å². The maximum atomic E-state index is 12.5. The van der Waals surface area contributed by atoms with Crippen LogP contribution in [0.1, 0.15) is 46.0 Å². The van der Waals surface area contributed by atoms with E-state index < -0.39 is 6.04 Å². The summed E-state index contributed by atoms with van der Waals surface area (Å²) in [7, 11) is 7.33. The van der Waals surface area contributed by atoms with Crippen molar-refractivity contribution in [3.05, 3.63) is 0 Å². The third kappa shape index (κ3) is 15.4. The van der Waals surface area contributed by atoms with Gasteiger partial charge in [0.05, 0.1) is 13.1 Å². The number of unbranched alkanes of at least 4 members (excludes halogenated alkanes) is 1. The van der Waals surface area contributed by atoms with Gasteiger partial charge in [-0.3, -0.25) is 14.4 Å².